The summed E-state index contributed by atoms with van der Waals surface area (Å²) < 4.78 is 20.3. The topological polar surface area (TPSA) is 42.2 Å². The number of benzene rings is 2. The molecule has 0 aliphatic rings. The maximum Gasteiger partial charge on any atom is 0.240 e. The molecule has 0 amide bonds. The van der Waals surface area contributed by atoms with Crippen LogP contribution in [0.15, 0.2) is 59.1 Å². The van der Waals surface area contributed by atoms with E-state index in [9.17, 15) is 4.39 Å². The normalized spacial score (nSPS) is 11.5. The Morgan fingerprint density at radius 2 is 1.88 bits per heavy atom. The summed E-state index contributed by atoms with van der Waals surface area (Å²) in [6.07, 6.45) is 0.330. The number of hydrogen-bond acceptors (Lipinski definition) is 5. The van der Waals surface area contributed by atoms with Crippen LogP contribution in [0.2, 0.25) is 0 Å². The minimum Gasteiger partial charge on any atom is -0.338 e. The lowest BCUT2D eigenvalue weighted by Crippen LogP contribution is -2.16. The molecule has 0 saturated carbocycles. The third-order valence-electron chi connectivity index (χ3n) is 4.12. The average Bonchev–Trinajstić information content (AvgIpc) is 3.22. The minimum absolute atomic E-state index is 0.249. The van der Waals surface area contributed by atoms with Gasteiger partial charge in [-0.3, -0.25) is 4.90 Å². The van der Waals surface area contributed by atoms with Crippen molar-refractivity contribution in [3.8, 4) is 0 Å². The minimum atomic E-state index is -0.249. The van der Waals surface area contributed by atoms with Gasteiger partial charge in [0.1, 0.15) is 5.82 Å². The van der Waals surface area contributed by atoms with Gasteiger partial charge in [-0.15, -0.1) is 11.3 Å². The van der Waals surface area contributed by atoms with E-state index in [-0.39, 0.29) is 5.82 Å². The van der Waals surface area contributed by atoms with E-state index in [0.717, 1.165) is 6.54 Å². The third kappa shape index (κ3) is 3.81. The lowest BCUT2D eigenvalue weighted by molar-refractivity contribution is 0.262. The van der Waals surface area contributed by atoms with Gasteiger partial charge in [-0.1, -0.05) is 41.6 Å². The zero-order chi connectivity index (χ0) is 17.9. The van der Waals surface area contributed by atoms with Crippen LogP contribution in [-0.2, 0) is 19.5 Å². The largest absolute Gasteiger partial charge is 0.338 e. The number of aromatic nitrogens is 2. The van der Waals surface area contributed by atoms with Gasteiger partial charge in [-0.25, -0.2) is 4.39 Å². The number of fused-ring (bicyclic) bond motifs is 1. The van der Waals surface area contributed by atoms with Crippen LogP contribution < -0.4 is 0 Å². The van der Waals surface area contributed by atoms with Crippen molar-refractivity contribution in [1.29, 1.82) is 0 Å². The molecule has 0 spiro atoms. The van der Waals surface area contributed by atoms with Gasteiger partial charge in [0, 0.05) is 22.5 Å². The predicted octanol–water partition coefficient (Wildman–Crippen LogP) is 4.65. The van der Waals surface area contributed by atoms with E-state index in [4.69, 9.17) is 4.52 Å². The fourth-order valence-corrected chi connectivity index (χ4v) is 4.05. The Hall–Kier alpha value is -2.57. The van der Waals surface area contributed by atoms with E-state index < -0.39 is 0 Å². The second-order valence-electron chi connectivity index (χ2n) is 6.30. The Balaban J connectivity index is 1.39. The van der Waals surface area contributed by atoms with Crippen molar-refractivity contribution in [2.45, 2.75) is 19.5 Å². The highest BCUT2D eigenvalue weighted by molar-refractivity contribution is 7.19. The summed E-state index contributed by atoms with van der Waals surface area (Å²) in [6, 6.07) is 17.2. The Morgan fingerprint density at radius 3 is 2.73 bits per heavy atom. The molecule has 0 aliphatic carbocycles. The second kappa shape index (κ2) is 7.35. The van der Waals surface area contributed by atoms with Gasteiger partial charge in [-0.05, 0) is 36.2 Å². The first kappa shape index (κ1) is 16.9. The quantitative estimate of drug-likeness (QED) is 0.498. The molecule has 26 heavy (non-hydrogen) atoms. The van der Waals surface area contributed by atoms with E-state index >= 15 is 0 Å². The van der Waals surface area contributed by atoms with E-state index in [2.05, 4.69) is 45.4 Å². The molecule has 0 radical (unpaired) electrons. The first-order chi connectivity index (χ1) is 12.7. The predicted molar refractivity (Wildman–Crippen MR) is 101 cm³/mol. The summed E-state index contributed by atoms with van der Waals surface area (Å²) in [5.74, 6) is 0.793. The van der Waals surface area contributed by atoms with Crippen LogP contribution in [0, 0.1) is 5.82 Å². The molecule has 2 heterocycles. The molecule has 2 aromatic carbocycles. The molecule has 4 rings (SSSR count). The van der Waals surface area contributed by atoms with Gasteiger partial charge in [0.25, 0.3) is 0 Å². The number of hydrogen-bond donors (Lipinski definition) is 0. The zero-order valence-electron chi connectivity index (χ0n) is 14.4. The molecule has 4 aromatic rings. The number of rotatable bonds is 6. The lowest BCUT2D eigenvalue weighted by Gasteiger charge is -2.12. The molecule has 4 nitrogen and oxygen atoms in total. The van der Waals surface area contributed by atoms with Gasteiger partial charge in [0.05, 0.1) is 6.54 Å². The Labute approximate surface area is 154 Å². The summed E-state index contributed by atoms with van der Waals surface area (Å²) in [5, 5.41) is 5.24. The van der Waals surface area contributed by atoms with E-state index in [1.807, 2.05) is 7.05 Å². The van der Waals surface area contributed by atoms with E-state index in [0.29, 0.717) is 30.2 Å². The van der Waals surface area contributed by atoms with Gasteiger partial charge in [0.2, 0.25) is 5.89 Å². The monoisotopic (exact) mass is 367 g/mol. The van der Waals surface area contributed by atoms with Crippen molar-refractivity contribution in [2.24, 2.45) is 0 Å². The Bertz CT molecular complexity index is 994. The van der Waals surface area contributed by atoms with E-state index in [1.165, 1.54) is 21.0 Å². The number of thiophene rings is 1. The summed E-state index contributed by atoms with van der Waals surface area (Å²) >= 11 is 1.79. The fraction of sp³-hybridized carbons (Fsp3) is 0.200. The highest BCUT2D eigenvalue weighted by atomic mass is 32.1. The summed E-state index contributed by atoms with van der Waals surface area (Å²) in [6.45, 7) is 1.36. The van der Waals surface area contributed by atoms with E-state index in [1.54, 1.807) is 29.5 Å². The van der Waals surface area contributed by atoms with Crippen LogP contribution in [0.1, 0.15) is 22.2 Å². The second-order valence-corrected chi connectivity index (χ2v) is 7.46. The zero-order valence-corrected chi connectivity index (χ0v) is 15.2. The third-order valence-corrected chi connectivity index (χ3v) is 5.22. The maximum absolute atomic E-state index is 13.7. The molecule has 0 saturated heterocycles. The van der Waals surface area contributed by atoms with Crippen LogP contribution >= 0.6 is 11.3 Å². The van der Waals surface area contributed by atoms with Crippen molar-refractivity contribution in [2.75, 3.05) is 7.05 Å². The first-order valence-electron chi connectivity index (χ1n) is 8.38. The van der Waals surface area contributed by atoms with Crippen LogP contribution in [-0.4, -0.2) is 22.1 Å². The highest BCUT2D eigenvalue weighted by Crippen LogP contribution is 2.26. The highest BCUT2D eigenvalue weighted by Gasteiger charge is 2.12. The Kier molecular flexibility index (Phi) is 4.77. The lowest BCUT2D eigenvalue weighted by atomic mass is 10.1. The molecule has 0 unspecified atom stereocenters. The summed E-state index contributed by atoms with van der Waals surface area (Å²) in [7, 11) is 2.02. The molecule has 6 heteroatoms. The van der Waals surface area contributed by atoms with Gasteiger partial charge < -0.3 is 4.52 Å². The van der Waals surface area contributed by atoms with Crippen molar-refractivity contribution < 1.29 is 8.91 Å². The smallest absolute Gasteiger partial charge is 0.240 e. The van der Waals surface area contributed by atoms with Crippen LogP contribution in [0.5, 0.6) is 0 Å². The van der Waals surface area contributed by atoms with Gasteiger partial charge >= 0.3 is 0 Å². The number of halogens is 1. The standard InChI is InChI=1S/C20H18FN3OS/c1-24(12-16-10-15-7-3-5-9-18(15)26-16)13-20-22-19(23-25-20)11-14-6-2-4-8-17(14)21/h2-10H,11-13H2,1H3. The van der Waals surface area contributed by atoms with Crippen LogP contribution in [0.25, 0.3) is 10.1 Å². The molecule has 0 bridgehead atoms. The fourth-order valence-electron chi connectivity index (χ4n) is 2.91. The molecular formula is C20H18FN3OS. The molecule has 0 fully saturated rings. The average molecular weight is 367 g/mol. The summed E-state index contributed by atoms with van der Waals surface area (Å²) in [5.41, 5.74) is 0.568. The summed E-state index contributed by atoms with van der Waals surface area (Å²) in [4.78, 5) is 7.81. The van der Waals surface area contributed by atoms with Gasteiger partial charge in [-0.2, -0.15) is 4.98 Å². The van der Waals surface area contributed by atoms with Crippen LogP contribution in [0.4, 0.5) is 4.39 Å². The molecule has 0 atom stereocenters. The molecular weight excluding hydrogens is 349 g/mol. The van der Waals surface area contributed by atoms with Gasteiger partial charge in [0.15, 0.2) is 5.82 Å². The molecule has 0 aliphatic heterocycles. The molecule has 2 aromatic heterocycles. The van der Waals surface area contributed by atoms with Crippen LogP contribution in [0.3, 0.4) is 0 Å². The van der Waals surface area contributed by atoms with Crippen molar-refractivity contribution in [1.82, 2.24) is 15.0 Å². The Morgan fingerprint density at radius 1 is 1.08 bits per heavy atom. The van der Waals surface area contributed by atoms with Crippen molar-refractivity contribution in [3.63, 3.8) is 0 Å². The number of nitrogens with zero attached hydrogens (tertiary/aromatic N) is 3. The maximum atomic E-state index is 13.7. The van der Waals surface area contributed by atoms with Crippen molar-refractivity contribution in [3.05, 3.63) is 82.6 Å². The molecule has 0 N–H and O–H groups in total. The molecule has 132 valence electrons. The SMILES string of the molecule is CN(Cc1nc(Cc2ccccc2F)no1)Cc1cc2ccccc2s1. The van der Waals surface area contributed by atoms with Crippen molar-refractivity contribution >= 4 is 21.4 Å². The first-order valence-corrected chi connectivity index (χ1v) is 9.20.